The van der Waals surface area contributed by atoms with Gasteiger partial charge in [-0.25, -0.2) is 4.90 Å². The maximum Gasteiger partial charge on any atom is 0.263 e. The van der Waals surface area contributed by atoms with Gasteiger partial charge in [-0.1, -0.05) is 60.3 Å². The second-order valence-electron chi connectivity index (χ2n) is 6.15. The fourth-order valence-corrected chi connectivity index (χ4v) is 4.03. The lowest BCUT2D eigenvalue weighted by Crippen LogP contribution is -2.31. The van der Waals surface area contributed by atoms with Crippen LogP contribution in [-0.2, 0) is 9.59 Å². The molecule has 1 saturated heterocycles. The number of aromatic nitrogens is 2. The monoisotopic (exact) mass is 393 g/mol. The smallest absolute Gasteiger partial charge is 0.263 e. The number of nitrogens with one attached hydrogen (secondary N) is 1. The molecule has 2 aromatic carbocycles. The first kappa shape index (κ1) is 18.0. The maximum absolute atomic E-state index is 12.7. The zero-order valence-corrected chi connectivity index (χ0v) is 15.3. The highest BCUT2D eigenvalue weighted by Gasteiger charge is 2.40. The van der Waals surface area contributed by atoms with Crippen molar-refractivity contribution in [3.05, 3.63) is 71.0 Å². The third-order valence-corrected chi connectivity index (χ3v) is 5.38. The Hall–Kier alpha value is -3.39. The molecule has 1 fully saturated rings. The van der Waals surface area contributed by atoms with Gasteiger partial charge in [0.15, 0.2) is 5.16 Å². The number of amides is 2. The molecule has 1 aliphatic rings. The molecule has 1 aromatic heterocycles. The minimum Gasteiger partial charge on any atom is -0.493 e. The van der Waals surface area contributed by atoms with Gasteiger partial charge in [0.25, 0.3) is 5.56 Å². The van der Waals surface area contributed by atoms with Crippen LogP contribution in [-0.4, -0.2) is 32.1 Å². The molecule has 28 heavy (non-hydrogen) atoms. The van der Waals surface area contributed by atoms with Crippen molar-refractivity contribution in [3.8, 4) is 17.0 Å². The van der Waals surface area contributed by atoms with E-state index >= 15 is 0 Å². The van der Waals surface area contributed by atoms with Gasteiger partial charge in [-0.2, -0.15) is 4.98 Å². The molecular weight excluding hydrogens is 378 g/mol. The first-order valence-electron chi connectivity index (χ1n) is 8.52. The first-order valence-corrected chi connectivity index (χ1v) is 9.40. The van der Waals surface area contributed by atoms with Gasteiger partial charge in [-0.15, -0.1) is 0 Å². The molecule has 8 heteroatoms. The fourth-order valence-electron chi connectivity index (χ4n) is 3.04. The van der Waals surface area contributed by atoms with Crippen molar-refractivity contribution in [3.63, 3.8) is 0 Å². The van der Waals surface area contributed by atoms with Crippen LogP contribution in [0.4, 0.5) is 5.69 Å². The summed E-state index contributed by atoms with van der Waals surface area (Å²) in [6, 6.07) is 17.3. The molecule has 1 aliphatic heterocycles. The van der Waals surface area contributed by atoms with Crippen molar-refractivity contribution in [1.29, 1.82) is 0 Å². The number of thioether (sulfide) groups is 1. The molecule has 0 bridgehead atoms. The summed E-state index contributed by atoms with van der Waals surface area (Å²) in [5.74, 6) is -1.12. The Morgan fingerprint density at radius 1 is 1.00 bits per heavy atom. The van der Waals surface area contributed by atoms with E-state index in [1.165, 1.54) is 0 Å². The van der Waals surface area contributed by atoms with Crippen LogP contribution in [0.3, 0.4) is 0 Å². The summed E-state index contributed by atoms with van der Waals surface area (Å²) >= 11 is 0.955. The highest BCUT2D eigenvalue weighted by molar-refractivity contribution is 8.00. The third-order valence-electron chi connectivity index (χ3n) is 4.31. The summed E-state index contributed by atoms with van der Waals surface area (Å²) in [5.41, 5.74) is 0.583. The molecule has 2 heterocycles. The lowest BCUT2D eigenvalue weighted by atomic mass is 10.1. The number of anilines is 1. The largest absolute Gasteiger partial charge is 0.493 e. The standard InChI is InChI=1S/C20H15N3O4S/c24-15-11-14(19(27)23(15)13-9-5-2-6-10-13)28-20-21-17(25)16(18(26)22-20)12-7-3-1-4-8-12/h1-10,14H,11H2,(H2,21,22,25,26). The van der Waals surface area contributed by atoms with Crippen molar-refractivity contribution in [1.82, 2.24) is 9.97 Å². The van der Waals surface area contributed by atoms with Crippen molar-refractivity contribution in [2.75, 3.05) is 4.90 Å². The fraction of sp³-hybridized carbons (Fsp3) is 0.100. The minimum atomic E-state index is -0.724. The number of benzene rings is 2. The molecule has 0 radical (unpaired) electrons. The topological polar surface area (TPSA) is 103 Å². The van der Waals surface area contributed by atoms with E-state index in [1.54, 1.807) is 60.7 Å². The van der Waals surface area contributed by atoms with E-state index in [0.717, 1.165) is 16.7 Å². The SMILES string of the molecule is O=C1CC(Sc2nc(O)c(-c3ccccc3)c(=O)[nH]2)C(=O)N1c1ccccc1. The number of carbonyl (C=O) groups excluding carboxylic acids is 2. The van der Waals surface area contributed by atoms with Crippen LogP contribution in [0, 0.1) is 0 Å². The molecule has 0 saturated carbocycles. The molecule has 2 N–H and O–H groups in total. The zero-order chi connectivity index (χ0) is 19.7. The number of aromatic amines is 1. The molecule has 1 atom stereocenters. The number of H-pyrrole nitrogens is 1. The maximum atomic E-state index is 12.7. The van der Waals surface area contributed by atoms with E-state index in [0.29, 0.717) is 11.3 Å². The number of rotatable bonds is 4. The van der Waals surface area contributed by atoms with Crippen LogP contribution in [0.2, 0.25) is 0 Å². The number of hydrogen-bond donors (Lipinski definition) is 2. The lowest BCUT2D eigenvalue weighted by Gasteiger charge is -2.14. The molecule has 3 aromatic rings. The Morgan fingerprint density at radius 3 is 2.29 bits per heavy atom. The van der Waals surface area contributed by atoms with Gasteiger partial charge >= 0.3 is 0 Å². The summed E-state index contributed by atoms with van der Waals surface area (Å²) in [7, 11) is 0. The van der Waals surface area contributed by atoms with Crippen molar-refractivity contribution >= 4 is 29.3 Å². The molecule has 2 amide bonds. The molecule has 1 unspecified atom stereocenters. The highest BCUT2D eigenvalue weighted by Crippen LogP contribution is 2.33. The molecular formula is C20H15N3O4S. The van der Waals surface area contributed by atoms with Crippen LogP contribution in [0.1, 0.15) is 6.42 Å². The van der Waals surface area contributed by atoms with Gasteiger partial charge in [-0.3, -0.25) is 14.4 Å². The Morgan fingerprint density at radius 2 is 1.64 bits per heavy atom. The van der Waals surface area contributed by atoms with Crippen LogP contribution in [0.5, 0.6) is 5.88 Å². The lowest BCUT2D eigenvalue weighted by molar-refractivity contribution is -0.121. The van der Waals surface area contributed by atoms with Crippen LogP contribution in [0.25, 0.3) is 11.1 Å². The number of hydrogen-bond acceptors (Lipinski definition) is 6. The summed E-state index contributed by atoms with van der Waals surface area (Å²) in [6.07, 6.45) is -0.0106. The molecule has 0 spiro atoms. The van der Waals surface area contributed by atoms with E-state index in [9.17, 15) is 19.5 Å². The average molecular weight is 393 g/mol. The van der Waals surface area contributed by atoms with E-state index in [4.69, 9.17) is 0 Å². The Balaban J connectivity index is 1.59. The Kier molecular flexibility index (Phi) is 4.70. The number of aromatic hydroxyl groups is 1. The van der Waals surface area contributed by atoms with E-state index in [2.05, 4.69) is 9.97 Å². The predicted octanol–water partition coefficient (Wildman–Crippen LogP) is 2.57. The number of imide groups is 1. The molecule has 140 valence electrons. The number of nitrogens with zero attached hydrogens (tertiary/aromatic N) is 2. The molecule has 4 rings (SSSR count). The average Bonchev–Trinajstić information content (AvgIpc) is 2.96. The minimum absolute atomic E-state index is 0.0106. The first-order chi connectivity index (χ1) is 13.5. The van der Waals surface area contributed by atoms with Crippen molar-refractivity contribution in [2.45, 2.75) is 16.8 Å². The van der Waals surface area contributed by atoms with Crippen LogP contribution < -0.4 is 10.5 Å². The second kappa shape index (κ2) is 7.32. The Labute approximate surface area is 164 Å². The van der Waals surface area contributed by atoms with E-state index in [-0.39, 0.29) is 29.0 Å². The normalized spacial score (nSPS) is 16.6. The second-order valence-corrected chi connectivity index (χ2v) is 7.34. The van der Waals surface area contributed by atoms with Gasteiger partial charge in [-0.05, 0) is 17.7 Å². The Bertz CT molecular complexity index is 1100. The van der Waals surface area contributed by atoms with Gasteiger partial charge < -0.3 is 10.1 Å². The highest BCUT2D eigenvalue weighted by atomic mass is 32.2. The van der Waals surface area contributed by atoms with E-state index < -0.39 is 16.7 Å². The number of para-hydroxylation sites is 1. The van der Waals surface area contributed by atoms with Crippen molar-refractivity contribution < 1.29 is 14.7 Å². The molecule has 7 nitrogen and oxygen atoms in total. The zero-order valence-electron chi connectivity index (χ0n) is 14.5. The van der Waals surface area contributed by atoms with Crippen molar-refractivity contribution in [2.24, 2.45) is 0 Å². The number of carbonyl (C=O) groups is 2. The van der Waals surface area contributed by atoms with Gasteiger partial charge in [0.2, 0.25) is 17.7 Å². The molecule has 0 aliphatic carbocycles. The predicted molar refractivity (Wildman–Crippen MR) is 105 cm³/mol. The summed E-state index contributed by atoms with van der Waals surface area (Å²) in [6.45, 7) is 0. The van der Waals surface area contributed by atoms with Gasteiger partial charge in [0.05, 0.1) is 5.69 Å². The van der Waals surface area contributed by atoms with Gasteiger partial charge in [0.1, 0.15) is 10.8 Å². The van der Waals surface area contributed by atoms with Crippen LogP contribution >= 0.6 is 11.8 Å². The summed E-state index contributed by atoms with van der Waals surface area (Å²) in [4.78, 5) is 45.2. The van der Waals surface area contributed by atoms with E-state index in [1.807, 2.05) is 0 Å². The summed E-state index contributed by atoms with van der Waals surface area (Å²) < 4.78 is 0. The van der Waals surface area contributed by atoms with Crippen LogP contribution in [0.15, 0.2) is 70.6 Å². The quantitative estimate of drug-likeness (QED) is 0.522. The summed E-state index contributed by atoms with van der Waals surface area (Å²) in [5, 5.41) is 9.60. The third kappa shape index (κ3) is 3.29. The van der Waals surface area contributed by atoms with Gasteiger partial charge in [0, 0.05) is 6.42 Å².